The van der Waals surface area contributed by atoms with Crippen molar-refractivity contribution in [2.45, 2.75) is 0 Å². The molecule has 2 rings (SSSR count). The van der Waals surface area contributed by atoms with E-state index in [0.29, 0.717) is 16.7 Å². The van der Waals surface area contributed by atoms with Gasteiger partial charge in [0.2, 0.25) is 5.88 Å². The standard InChI is InChI=1S/C9H8N4O/c1-10-4-6-2-3-7-8(13-6)9(14)12-5-11-7/h2-5H,1H3,(H,11,12,14)/b10-4+. The largest absolute Gasteiger partial charge is 0.492 e. The molecule has 0 aliphatic heterocycles. The molecule has 0 fully saturated rings. The lowest BCUT2D eigenvalue weighted by Gasteiger charge is -1.98. The van der Waals surface area contributed by atoms with Crippen LogP contribution in [-0.2, 0) is 0 Å². The Bertz CT molecular complexity index is 495. The van der Waals surface area contributed by atoms with Crippen LogP contribution >= 0.6 is 0 Å². The molecule has 70 valence electrons. The fourth-order valence-electron chi connectivity index (χ4n) is 1.15. The molecule has 1 N–H and O–H groups in total. The minimum absolute atomic E-state index is 0.110. The number of fused-ring (bicyclic) bond motifs is 1. The third-order valence-electron chi connectivity index (χ3n) is 1.75. The van der Waals surface area contributed by atoms with Crippen LogP contribution in [0.3, 0.4) is 0 Å². The van der Waals surface area contributed by atoms with E-state index in [1.807, 2.05) is 0 Å². The number of aromatic hydroxyl groups is 1. The molecule has 0 aliphatic rings. The molecule has 0 atom stereocenters. The molecule has 5 nitrogen and oxygen atoms in total. The highest BCUT2D eigenvalue weighted by Crippen LogP contribution is 2.16. The number of rotatable bonds is 1. The highest BCUT2D eigenvalue weighted by Gasteiger charge is 2.03. The summed E-state index contributed by atoms with van der Waals surface area (Å²) < 4.78 is 0. The summed E-state index contributed by atoms with van der Waals surface area (Å²) >= 11 is 0. The highest BCUT2D eigenvalue weighted by molar-refractivity contribution is 5.84. The summed E-state index contributed by atoms with van der Waals surface area (Å²) in [6.07, 6.45) is 2.90. The molecule has 14 heavy (non-hydrogen) atoms. The van der Waals surface area contributed by atoms with Crippen molar-refractivity contribution in [2.24, 2.45) is 4.99 Å². The van der Waals surface area contributed by atoms with Gasteiger partial charge in [0.15, 0.2) is 5.52 Å². The van der Waals surface area contributed by atoms with Gasteiger partial charge in [0.1, 0.15) is 6.33 Å². The molecular formula is C9H8N4O. The van der Waals surface area contributed by atoms with Crippen molar-refractivity contribution in [3.05, 3.63) is 24.2 Å². The smallest absolute Gasteiger partial charge is 0.241 e. The Morgan fingerprint density at radius 3 is 3.00 bits per heavy atom. The second kappa shape index (κ2) is 3.37. The topological polar surface area (TPSA) is 71.3 Å². The first-order valence-corrected chi connectivity index (χ1v) is 4.04. The number of aliphatic imine (C=N–C) groups is 1. The van der Waals surface area contributed by atoms with Crippen LogP contribution in [0.5, 0.6) is 5.88 Å². The predicted molar refractivity (Wildman–Crippen MR) is 52.5 cm³/mol. The summed E-state index contributed by atoms with van der Waals surface area (Å²) in [5.74, 6) is -0.110. The van der Waals surface area contributed by atoms with Crippen molar-refractivity contribution < 1.29 is 5.11 Å². The van der Waals surface area contributed by atoms with E-state index in [1.165, 1.54) is 6.33 Å². The van der Waals surface area contributed by atoms with Gasteiger partial charge in [-0.3, -0.25) is 4.99 Å². The van der Waals surface area contributed by atoms with Gasteiger partial charge in [0, 0.05) is 13.3 Å². The molecule has 0 radical (unpaired) electrons. The van der Waals surface area contributed by atoms with Crippen molar-refractivity contribution >= 4 is 17.2 Å². The molecule has 5 heteroatoms. The molecule has 2 heterocycles. The number of nitrogens with zero attached hydrogens (tertiary/aromatic N) is 4. The molecule has 0 aliphatic carbocycles. The number of pyridine rings is 1. The molecule has 0 spiro atoms. The van der Waals surface area contributed by atoms with Gasteiger partial charge < -0.3 is 5.11 Å². The number of aromatic nitrogens is 3. The van der Waals surface area contributed by atoms with E-state index in [4.69, 9.17) is 0 Å². The average molecular weight is 188 g/mol. The predicted octanol–water partition coefficient (Wildman–Crippen LogP) is 0.779. The Morgan fingerprint density at radius 2 is 2.21 bits per heavy atom. The van der Waals surface area contributed by atoms with Crippen molar-refractivity contribution in [1.29, 1.82) is 0 Å². The lowest BCUT2D eigenvalue weighted by Crippen LogP contribution is -1.91. The zero-order valence-corrected chi connectivity index (χ0v) is 7.55. The van der Waals surface area contributed by atoms with Gasteiger partial charge in [-0.05, 0) is 12.1 Å². The Labute approximate surface area is 80.2 Å². The Morgan fingerprint density at radius 1 is 1.36 bits per heavy atom. The van der Waals surface area contributed by atoms with Crippen molar-refractivity contribution in [2.75, 3.05) is 7.05 Å². The first-order chi connectivity index (χ1) is 6.81. The molecule has 0 amide bonds. The summed E-state index contributed by atoms with van der Waals surface area (Å²) in [4.78, 5) is 15.6. The monoisotopic (exact) mass is 188 g/mol. The number of hydrogen-bond acceptors (Lipinski definition) is 5. The molecule has 0 bridgehead atoms. The second-order valence-electron chi connectivity index (χ2n) is 2.69. The summed E-state index contributed by atoms with van der Waals surface area (Å²) in [5, 5.41) is 9.41. The normalized spacial score (nSPS) is 11.2. The Kier molecular flexibility index (Phi) is 2.06. The van der Waals surface area contributed by atoms with E-state index in [0.717, 1.165) is 0 Å². The van der Waals surface area contributed by atoms with Gasteiger partial charge in [0.05, 0.1) is 11.2 Å². The zero-order valence-electron chi connectivity index (χ0n) is 7.55. The first kappa shape index (κ1) is 8.55. The Balaban J connectivity index is 2.69. The molecule has 0 saturated carbocycles. The van der Waals surface area contributed by atoms with Gasteiger partial charge >= 0.3 is 0 Å². The van der Waals surface area contributed by atoms with Crippen LogP contribution < -0.4 is 0 Å². The van der Waals surface area contributed by atoms with Crippen molar-refractivity contribution in [3.63, 3.8) is 0 Å². The molecule has 0 aromatic carbocycles. The molecule has 0 unspecified atom stereocenters. The fourth-order valence-corrected chi connectivity index (χ4v) is 1.15. The molecule has 2 aromatic rings. The fraction of sp³-hybridized carbons (Fsp3) is 0.111. The van der Waals surface area contributed by atoms with E-state index >= 15 is 0 Å². The van der Waals surface area contributed by atoms with Crippen LogP contribution in [0.15, 0.2) is 23.5 Å². The minimum Gasteiger partial charge on any atom is -0.492 e. The molecular weight excluding hydrogens is 180 g/mol. The number of hydrogen-bond donors (Lipinski definition) is 1. The van der Waals surface area contributed by atoms with Crippen LogP contribution in [0.2, 0.25) is 0 Å². The van der Waals surface area contributed by atoms with Gasteiger partial charge in [-0.2, -0.15) is 0 Å². The maximum atomic E-state index is 9.41. The van der Waals surface area contributed by atoms with E-state index < -0.39 is 0 Å². The zero-order chi connectivity index (χ0) is 9.97. The third kappa shape index (κ3) is 1.39. The van der Waals surface area contributed by atoms with E-state index in [1.54, 1.807) is 25.4 Å². The SMILES string of the molecule is C/N=C/c1ccc2ncnc(O)c2n1. The minimum atomic E-state index is -0.110. The van der Waals surface area contributed by atoms with Crippen LogP contribution in [0.4, 0.5) is 0 Å². The third-order valence-corrected chi connectivity index (χ3v) is 1.75. The summed E-state index contributed by atoms with van der Waals surface area (Å²) in [7, 11) is 1.66. The maximum absolute atomic E-state index is 9.41. The van der Waals surface area contributed by atoms with Crippen LogP contribution in [0.1, 0.15) is 5.69 Å². The lowest BCUT2D eigenvalue weighted by atomic mass is 10.3. The van der Waals surface area contributed by atoms with Crippen LogP contribution in [0, 0.1) is 0 Å². The van der Waals surface area contributed by atoms with Crippen molar-refractivity contribution in [1.82, 2.24) is 15.0 Å². The maximum Gasteiger partial charge on any atom is 0.241 e. The van der Waals surface area contributed by atoms with Gasteiger partial charge in [0.25, 0.3) is 0 Å². The van der Waals surface area contributed by atoms with E-state index in [9.17, 15) is 5.11 Å². The van der Waals surface area contributed by atoms with Gasteiger partial charge in [-0.15, -0.1) is 0 Å². The quantitative estimate of drug-likeness (QED) is 0.671. The average Bonchev–Trinajstić information content (AvgIpc) is 2.20. The molecule has 0 saturated heterocycles. The van der Waals surface area contributed by atoms with Crippen LogP contribution in [0.25, 0.3) is 11.0 Å². The summed E-state index contributed by atoms with van der Waals surface area (Å²) in [6, 6.07) is 3.54. The van der Waals surface area contributed by atoms with E-state index in [2.05, 4.69) is 19.9 Å². The molecule has 2 aromatic heterocycles. The lowest BCUT2D eigenvalue weighted by molar-refractivity contribution is 0.458. The van der Waals surface area contributed by atoms with Crippen molar-refractivity contribution in [3.8, 4) is 5.88 Å². The first-order valence-electron chi connectivity index (χ1n) is 4.04. The summed E-state index contributed by atoms with van der Waals surface area (Å²) in [6.45, 7) is 0. The Hall–Kier alpha value is -2.04. The summed E-state index contributed by atoms with van der Waals surface area (Å²) in [5.41, 5.74) is 1.68. The van der Waals surface area contributed by atoms with Crippen LogP contribution in [-0.4, -0.2) is 33.3 Å². The van der Waals surface area contributed by atoms with Gasteiger partial charge in [-0.1, -0.05) is 0 Å². The highest BCUT2D eigenvalue weighted by atomic mass is 16.3. The van der Waals surface area contributed by atoms with E-state index in [-0.39, 0.29) is 5.88 Å². The van der Waals surface area contributed by atoms with Gasteiger partial charge in [-0.25, -0.2) is 15.0 Å². The second-order valence-corrected chi connectivity index (χ2v) is 2.69.